The zero-order chi connectivity index (χ0) is 15.5. The zero-order valence-electron chi connectivity index (χ0n) is 12.2. The molecule has 1 aromatic rings. The maximum Gasteiger partial charge on any atom is 0.309 e. The molecule has 1 aliphatic heterocycles. The summed E-state index contributed by atoms with van der Waals surface area (Å²) in [6.07, 6.45) is 1.30. The van der Waals surface area contributed by atoms with Crippen LogP contribution in [0.2, 0.25) is 0 Å². The van der Waals surface area contributed by atoms with Crippen molar-refractivity contribution in [2.75, 3.05) is 13.1 Å². The number of carboxylic acid groups (broad SMARTS) is 1. The normalized spacial score (nSPS) is 19.3. The molecular weight excluding hydrogens is 290 g/mol. The number of carboxylic acids is 1. The molecule has 0 saturated carbocycles. The lowest BCUT2D eigenvalue weighted by Gasteiger charge is -2.37. The zero-order valence-corrected chi connectivity index (χ0v) is 13.0. The summed E-state index contributed by atoms with van der Waals surface area (Å²) in [6.45, 7) is 2.42. The van der Waals surface area contributed by atoms with Crippen LogP contribution in [0.15, 0.2) is 30.3 Å². The first-order valence-corrected chi connectivity index (χ1v) is 8.76. The van der Waals surface area contributed by atoms with E-state index in [4.69, 9.17) is 0 Å². The van der Waals surface area contributed by atoms with E-state index in [0.29, 0.717) is 19.3 Å². The van der Waals surface area contributed by atoms with Gasteiger partial charge in [-0.05, 0) is 24.8 Å². The van der Waals surface area contributed by atoms with Crippen molar-refractivity contribution in [1.29, 1.82) is 0 Å². The summed E-state index contributed by atoms with van der Waals surface area (Å²) in [7, 11) is -3.38. The number of benzene rings is 1. The molecule has 116 valence electrons. The number of sulfonamides is 1. The summed E-state index contributed by atoms with van der Waals surface area (Å²) in [5.41, 5.74) is -0.0123. The second-order valence-electron chi connectivity index (χ2n) is 5.58. The highest BCUT2D eigenvalue weighted by Crippen LogP contribution is 2.36. The largest absolute Gasteiger partial charge is 0.481 e. The van der Waals surface area contributed by atoms with E-state index in [-0.39, 0.29) is 18.8 Å². The van der Waals surface area contributed by atoms with Gasteiger partial charge in [0.15, 0.2) is 0 Å². The summed E-state index contributed by atoms with van der Waals surface area (Å²) in [4.78, 5) is 11.4. The summed E-state index contributed by atoms with van der Waals surface area (Å²) in [6, 6.07) is 9.05. The van der Waals surface area contributed by atoms with Crippen LogP contribution in [-0.2, 0) is 20.6 Å². The van der Waals surface area contributed by atoms with Crippen molar-refractivity contribution in [2.45, 2.75) is 31.9 Å². The first kappa shape index (κ1) is 16.0. The highest BCUT2D eigenvalue weighted by atomic mass is 32.2. The molecule has 5 nitrogen and oxygen atoms in total. The fourth-order valence-electron chi connectivity index (χ4n) is 2.79. The Hall–Kier alpha value is -1.40. The van der Waals surface area contributed by atoms with E-state index < -0.39 is 21.4 Å². The topological polar surface area (TPSA) is 74.7 Å². The minimum atomic E-state index is -3.38. The van der Waals surface area contributed by atoms with Gasteiger partial charge in [0.05, 0.1) is 11.2 Å². The molecule has 1 heterocycles. The number of aliphatic carboxylic acids is 1. The molecule has 0 aromatic heterocycles. The van der Waals surface area contributed by atoms with Gasteiger partial charge in [-0.3, -0.25) is 4.79 Å². The average molecular weight is 311 g/mol. The van der Waals surface area contributed by atoms with E-state index in [9.17, 15) is 18.3 Å². The van der Waals surface area contributed by atoms with Crippen LogP contribution in [0.3, 0.4) is 0 Å². The summed E-state index contributed by atoms with van der Waals surface area (Å²) in [5, 5.41) is 9.35. The molecule has 1 fully saturated rings. The average Bonchev–Trinajstić information content (AvgIpc) is 2.47. The van der Waals surface area contributed by atoms with Gasteiger partial charge in [-0.1, -0.05) is 37.3 Å². The van der Waals surface area contributed by atoms with Crippen LogP contribution < -0.4 is 0 Å². The number of hydrogen-bond donors (Lipinski definition) is 1. The fraction of sp³-hybridized carbons (Fsp3) is 0.533. The Morgan fingerprint density at radius 1 is 1.24 bits per heavy atom. The third-order valence-electron chi connectivity index (χ3n) is 4.40. The van der Waals surface area contributed by atoms with Crippen molar-refractivity contribution in [3.63, 3.8) is 0 Å². The van der Waals surface area contributed by atoms with Crippen molar-refractivity contribution in [3.05, 3.63) is 35.9 Å². The van der Waals surface area contributed by atoms with Crippen molar-refractivity contribution in [3.8, 4) is 0 Å². The van der Waals surface area contributed by atoms with E-state index in [1.165, 1.54) is 4.31 Å². The SMILES string of the molecule is CCC1(C(=O)O)CCN(S(=O)(=O)Cc2ccccc2)CC1. The van der Waals surface area contributed by atoms with Gasteiger partial charge in [0, 0.05) is 13.1 Å². The van der Waals surface area contributed by atoms with Crippen LogP contribution >= 0.6 is 0 Å². The first-order valence-electron chi connectivity index (χ1n) is 7.15. The summed E-state index contributed by atoms with van der Waals surface area (Å²) in [5.74, 6) is -0.842. The Morgan fingerprint density at radius 3 is 2.29 bits per heavy atom. The molecule has 0 unspecified atom stereocenters. The number of rotatable bonds is 5. The monoisotopic (exact) mass is 311 g/mol. The second kappa shape index (κ2) is 6.15. The number of carbonyl (C=O) groups is 1. The minimum Gasteiger partial charge on any atom is -0.481 e. The molecule has 2 rings (SSSR count). The summed E-state index contributed by atoms with van der Waals surface area (Å²) >= 11 is 0. The molecule has 1 aromatic carbocycles. The predicted molar refractivity (Wildman–Crippen MR) is 80.2 cm³/mol. The summed E-state index contributed by atoms with van der Waals surface area (Å²) < 4.78 is 26.2. The molecule has 0 atom stereocenters. The highest BCUT2D eigenvalue weighted by molar-refractivity contribution is 7.88. The van der Waals surface area contributed by atoms with E-state index in [1.807, 2.05) is 25.1 Å². The third kappa shape index (κ3) is 3.44. The Kier molecular flexibility index (Phi) is 4.68. The lowest BCUT2D eigenvalue weighted by atomic mass is 9.77. The van der Waals surface area contributed by atoms with Gasteiger partial charge < -0.3 is 5.11 Å². The molecule has 0 aliphatic carbocycles. The maximum atomic E-state index is 12.4. The van der Waals surface area contributed by atoms with E-state index in [0.717, 1.165) is 5.56 Å². The molecule has 0 bridgehead atoms. The van der Waals surface area contributed by atoms with Gasteiger partial charge in [0.1, 0.15) is 0 Å². The van der Waals surface area contributed by atoms with E-state index in [1.54, 1.807) is 12.1 Å². The van der Waals surface area contributed by atoms with Gasteiger partial charge in [0.2, 0.25) is 10.0 Å². The van der Waals surface area contributed by atoms with Gasteiger partial charge in [-0.2, -0.15) is 0 Å². The fourth-order valence-corrected chi connectivity index (χ4v) is 4.32. The van der Waals surface area contributed by atoms with E-state index in [2.05, 4.69) is 0 Å². The molecule has 1 N–H and O–H groups in total. The highest BCUT2D eigenvalue weighted by Gasteiger charge is 2.42. The second-order valence-corrected chi connectivity index (χ2v) is 7.55. The maximum absolute atomic E-state index is 12.4. The molecule has 1 saturated heterocycles. The lowest BCUT2D eigenvalue weighted by Crippen LogP contribution is -2.46. The van der Waals surface area contributed by atoms with Crippen molar-refractivity contribution >= 4 is 16.0 Å². The Morgan fingerprint density at radius 2 is 1.81 bits per heavy atom. The number of piperidine rings is 1. The molecule has 21 heavy (non-hydrogen) atoms. The predicted octanol–water partition coefficient (Wildman–Crippen LogP) is 2.09. The number of hydrogen-bond acceptors (Lipinski definition) is 3. The van der Waals surface area contributed by atoms with Gasteiger partial charge in [-0.25, -0.2) is 12.7 Å². The lowest BCUT2D eigenvalue weighted by molar-refractivity contribution is -0.151. The molecular formula is C15H21NO4S. The van der Waals surface area contributed by atoms with Crippen LogP contribution in [0.4, 0.5) is 0 Å². The van der Waals surface area contributed by atoms with Crippen LogP contribution in [0.5, 0.6) is 0 Å². The quantitative estimate of drug-likeness (QED) is 0.903. The van der Waals surface area contributed by atoms with Crippen LogP contribution in [0.1, 0.15) is 31.7 Å². The molecule has 0 radical (unpaired) electrons. The molecule has 0 spiro atoms. The third-order valence-corrected chi connectivity index (χ3v) is 6.25. The minimum absolute atomic E-state index is 0.0277. The molecule has 1 aliphatic rings. The van der Waals surface area contributed by atoms with Crippen molar-refractivity contribution in [1.82, 2.24) is 4.31 Å². The van der Waals surface area contributed by atoms with Crippen molar-refractivity contribution < 1.29 is 18.3 Å². The molecule has 6 heteroatoms. The van der Waals surface area contributed by atoms with Crippen LogP contribution in [0, 0.1) is 5.41 Å². The van der Waals surface area contributed by atoms with E-state index >= 15 is 0 Å². The Bertz CT molecular complexity index is 589. The first-order chi connectivity index (χ1) is 9.89. The van der Waals surface area contributed by atoms with Crippen LogP contribution in [-0.4, -0.2) is 36.9 Å². The molecule has 0 amide bonds. The van der Waals surface area contributed by atoms with Crippen molar-refractivity contribution in [2.24, 2.45) is 5.41 Å². The smallest absolute Gasteiger partial charge is 0.309 e. The van der Waals surface area contributed by atoms with Gasteiger partial charge >= 0.3 is 5.97 Å². The standard InChI is InChI=1S/C15H21NO4S/c1-2-15(14(17)18)8-10-16(11-9-15)21(19,20)12-13-6-4-3-5-7-13/h3-7H,2,8-12H2,1H3,(H,17,18). The van der Waals surface area contributed by atoms with Crippen LogP contribution in [0.25, 0.3) is 0 Å². The van der Waals surface area contributed by atoms with Gasteiger partial charge in [-0.15, -0.1) is 0 Å². The Balaban J connectivity index is 2.06. The van der Waals surface area contributed by atoms with Gasteiger partial charge in [0.25, 0.3) is 0 Å². The Labute approximate surface area is 125 Å². The number of nitrogens with zero attached hydrogens (tertiary/aromatic N) is 1.